The molecule has 0 N–H and O–H groups in total. The number of aromatic nitrogens is 1. The van der Waals surface area contributed by atoms with E-state index >= 15 is 0 Å². The zero-order valence-electron chi connectivity index (χ0n) is 12.6. The Labute approximate surface area is 132 Å². The van der Waals surface area contributed by atoms with Crippen LogP contribution in [0.25, 0.3) is 0 Å². The van der Waals surface area contributed by atoms with Crippen LogP contribution < -0.4 is 4.74 Å². The number of halogens is 3. The van der Waals surface area contributed by atoms with E-state index in [-0.39, 0.29) is 17.5 Å². The Kier molecular flexibility index (Phi) is 4.43. The lowest BCUT2D eigenvalue weighted by Crippen LogP contribution is -2.49. The van der Waals surface area contributed by atoms with Crippen LogP contribution in [0.2, 0.25) is 0 Å². The van der Waals surface area contributed by atoms with Crippen molar-refractivity contribution in [2.75, 3.05) is 32.8 Å². The van der Waals surface area contributed by atoms with Crippen molar-refractivity contribution in [3.8, 4) is 5.88 Å². The van der Waals surface area contributed by atoms with Gasteiger partial charge in [-0.05, 0) is 18.9 Å². The fourth-order valence-electron chi connectivity index (χ4n) is 2.66. The Morgan fingerprint density at radius 2 is 1.91 bits per heavy atom. The van der Waals surface area contributed by atoms with E-state index in [0.717, 1.165) is 13.1 Å². The molecule has 126 valence electrons. The number of hydrogen-bond acceptors (Lipinski definition) is 4. The highest BCUT2D eigenvalue weighted by molar-refractivity contribution is 5.92. The molecule has 5 nitrogen and oxygen atoms in total. The van der Waals surface area contributed by atoms with Gasteiger partial charge in [0.15, 0.2) is 6.61 Å². The summed E-state index contributed by atoms with van der Waals surface area (Å²) in [6.45, 7) is 1.48. The Hall–Kier alpha value is -1.83. The van der Waals surface area contributed by atoms with Crippen LogP contribution in [0.5, 0.6) is 5.88 Å². The average molecular weight is 329 g/mol. The van der Waals surface area contributed by atoms with Crippen LogP contribution in [-0.4, -0.2) is 65.7 Å². The van der Waals surface area contributed by atoms with Gasteiger partial charge in [-0.25, -0.2) is 4.98 Å². The topological polar surface area (TPSA) is 45.7 Å². The molecule has 2 heterocycles. The molecule has 0 bridgehead atoms. The summed E-state index contributed by atoms with van der Waals surface area (Å²) in [5.74, 6) is -0.456. The van der Waals surface area contributed by atoms with E-state index in [1.54, 1.807) is 4.90 Å². The minimum absolute atomic E-state index is 0.115. The van der Waals surface area contributed by atoms with E-state index in [4.69, 9.17) is 0 Å². The van der Waals surface area contributed by atoms with Gasteiger partial charge in [-0.1, -0.05) is 6.07 Å². The first-order valence-electron chi connectivity index (χ1n) is 7.62. The van der Waals surface area contributed by atoms with Gasteiger partial charge >= 0.3 is 6.18 Å². The molecule has 1 aliphatic heterocycles. The summed E-state index contributed by atoms with van der Waals surface area (Å²) < 4.78 is 41.1. The smallest absolute Gasteiger partial charge is 0.422 e. The van der Waals surface area contributed by atoms with Gasteiger partial charge in [0.2, 0.25) is 5.88 Å². The number of amides is 1. The van der Waals surface area contributed by atoms with E-state index in [0.29, 0.717) is 19.1 Å². The fourth-order valence-corrected chi connectivity index (χ4v) is 2.66. The molecular formula is C15H18F3N3O2. The maximum Gasteiger partial charge on any atom is 0.422 e. The lowest BCUT2D eigenvalue weighted by atomic mass is 10.2. The molecule has 1 aromatic rings. The lowest BCUT2D eigenvalue weighted by molar-refractivity contribution is -0.154. The van der Waals surface area contributed by atoms with Gasteiger partial charge in [-0.3, -0.25) is 9.69 Å². The lowest BCUT2D eigenvalue weighted by Gasteiger charge is -2.34. The van der Waals surface area contributed by atoms with Crippen molar-refractivity contribution in [3.63, 3.8) is 0 Å². The first kappa shape index (κ1) is 16.0. The number of carbonyl (C=O) groups excluding carboxylic acids is 1. The van der Waals surface area contributed by atoms with Crippen molar-refractivity contribution in [2.45, 2.75) is 25.1 Å². The Morgan fingerprint density at radius 1 is 1.22 bits per heavy atom. The number of nitrogens with zero attached hydrogens (tertiary/aromatic N) is 3. The summed E-state index contributed by atoms with van der Waals surface area (Å²) in [6.07, 6.45) is -1.97. The van der Waals surface area contributed by atoms with Gasteiger partial charge in [0.1, 0.15) is 5.69 Å². The summed E-state index contributed by atoms with van der Waals surface area (Å²) in [5, 5.41) is 0. The summed E-state index contributed by atoms with van der Waals surface area (Å²) in [5.41, 5.74) is 0.115. The van der Waals surface area contributed by atoms with E-state index < -0.39 is 12.8 Å². The molecule has 1 amide bonds. The van der Waals surface area contributed by atoms with Gasteiger partial charge < -0.3 is 9.64 Å². The molecule has 1 saturated heterocycles. The second-order valence-electron chi connectivity index (χ2n) is 5.82. The average Bonchev–Trinajstić information content (AvgIpc) is 3.37. The van der Waals surface area contributed by atoms with Crippen molar-refractivity contribution in [3.05, 3.63) is 23.9 Å². The van der Waals surface area contributed by atoms with Crippen LogP contribution in [0.4, 0.5) is 13.2 Å². The van der Waals surface area contributed by atoms with E-state index in [1.165, 1.54) is 31.0 Å². The van der Waals surface area contributed by atoms with Crippen LogP contribution in [0, 0.1) is 0 Å². The Balaban J connectivity index is 1.58. The van der Waals surface area contributed by atoms with Crippen LogP contribution in [0.1, 0.15) is 23.3 Å². The first-order valence-corrected chi connectivity index (χ1v) is 7.62. The minimum Gasteiger partial charge on any atom is -0.468 e. The number of alkyl halides is 3. The van der Waals surface area contributed by atoms with E-state index in [2.05, 4.69) is 14.6 Å². The van der Waals surface area contributed by atoms with Gasteiger partial charge in [0.05, 0.1) is 0 Å². The van der Waals surface area contributed by atoms with Crippen molar-refractivity contribution in [1.82, 2.24) is 14.8 Å². The van der Waals surface area contributed by atoms with Gasteiger partial charge in [-0.2, -0.15) is 13.2 Å². The number of piperazine rings is 1. The zero-order valence-corrected chi connectivity index (χ0v) is 12.6. The summed E-state index contributed by atoms with van der Waals surface area (Å²) in [7, 11) is 0. The number of pyridine rings is 1. The van der Waals surface area contributed by atoms with E-state index in [9.17, 15) is 18.0 Å². The first-order chi connectivity index (χ1) is 10.9. The molecule has 23 heavy (non-hydrogen) atoms. The van der Waals surface area contributed by atoms with Crippen molar-refractivity contribution >= 4 is 5.91 Å². The Morgan fingerprint density at radius 3 is 2.52 bits per heavy atom. The number of rotatable bonds is 4. The Bertz CT molecular complexity index is 567. The molecule has 0 spiro atoms. The molecule has 8 heteroatoms. The molecule has 2 fully saturated rings. The summed E-state index contributed by atoms with van der Waals surface area (Å²) in [4.78, 5) is 20.4. The second-order valence-corrected chi connectivity index (χ2v) is 5.82. The third-order valence-electron chi connectivity index (χ3n) is 3.99. The van der Waals surface area contributed by atoms with E-state index in [1.807, 2.05) is 0 Å². The molecule has 0 unspecified atom stereocenters. The fraction of sp³-hybridized carbons (Fsp3) is 0.600. The zero-order chi connectivity index (χ0) is 16.4. The molecule has 1 aliphatic carbocycles. The summed E-state index contributed by atoms with van der Waals surface area (Å²) in [6, 6.07) is 4.96. The molecule has 0 atom stereocenters. The van der Waals surface area contributed by atoms with Crippen LogP contribution in [0.3, 0.4) is 0 Å². The van der Waals surface area contributed by atoms with Crippen molar-refractivity contribution in [2.24, 2.45) is 0 Å². The maximum absolute atomic E-state index is 12.4. The highest BCUT2D eigenvalue weighted by atomic mass is 19.4. The standard InChI is InChI=1S/C15H18F3N3O2/c16-15(17,18)10-23-13-3-1-2-12(19-13)14(22)21-8-6-20(7-9-21)11-4-5-11/h1-3,11H,4-10H2. The SMILES string of the molecule is O=C(c1cccc(OCC(F)(F)F)n1)N1CCN(C2CC2)CC1. The van der Waals surface area contributed by atoms with Gasteiger partial charge in [-0.15, -0.1) is 0 Å². The van der Waals surface area contributed by atoms with Crippen molar-refractivity contribution in [1.29, 1.82) is 0 Å². The second kappa shape index (κ2) is 6.35. The van der Waals surface area contributed by atoms with Gasteiger partial charge in [0.25, 0.3) is 5.91 Å². The maximum atomic E-state index is 12.4. The third-order valence-corrected chi connectivity index (χ3v) is 3.99. The van der Waals surface area contributed by atoms with Crippen LogP contribution in [0.15, 0.2) is 18.2 Å². The molecule has 1 saturated carbocycles. The molecule has 0 radical (unpaired) electrons. The molecular weight excluding hydrogens is 311 g/mol. The molecule has 2 aliphatic rings. The van der Waals surface area contributed by atoms with Crippen molar-refractivity contribution < 1.29 is 22.7 Å². The highest BCUT2D eigenvalue weighted by Gasteiger charge is 2.33. The largest absolute Gasteiger partial charge is 0.468 e. The predicted molar refractivity (Wildman–Crippen MR) is 76.3 cm³/mol. The summed E-state index contributed by atoms with van der Waals surface area (Å²) >= 11 is 0. The highest BCUT2D eigenvalue weighted by Crippen LogP contribution is 2.27. The minimum atomic E-state index is -4.43. The molecule has 1 aromatic heterocycles. The quantitative estimate of drug-likeness (QED) is 0.847. The van der Waals surface area contributed by atoms with Gasteiger partial charge in [0, 0.05) is 38.3 Å². The van der Waals surface area contributed by atoms with Crippen LogP contribution in [-0.2, 0) is 0 Å². The normalized spacial score (nSPS) is 19.7. The molecule has 3 rings (SSSR count). The predicted octanol–water partition coefficient (Wildman–Crippen LogP) is 1.94. The number of carbonyl (C=O) groups is 1. The number of hydrogen-bond donors (Lipinski definition) is 0. The molecule has 0 aromatic carbocycles. The third kappa shape index (κ3) is 4.34. The van der Waals surface area contributed by atoms with Crippen LogP contribution >= 0.6 is 0 Å². The number of ether oxygens (including phenoxy) is 1. The monoisotopic (exact) mass is 329 g/mol.